The third kappa shape index (κ3) is 4.81. The predicted molar refractivity (Wildman–Crippen MR) is 81.8 cm³/mol. The summed E-state index contributed by atoms with van der Waals surface area (Å²) < 4.78 is 48.1. The molecular formula is C16H18F3NO4. The van der Waals surface area contributed by atoms with E-state index in [4.69, 9.17) is 4.74 Å². The van der Waals surface area contributed by atoms with Crippen LogP contribution in [0.1, 0.15) is 48.2 Å². The van der Waals surface area contributed by atoms with Crippen LogP contribution in [-0.4, -0.2) is 31.1 Å². The monoisotopic (exact) mass is 345 g/mol. The molecule has 1 aromatic carbocycles. The molecule has 1 amide bonds. The average Bonchev–Trinajstić information content (AvgIpc) is 2.44. The number of aliphatic imine (C=N–C) groups is 1. The summed E-state index contributed by atoms with van der Waals surface area (Å²) in [5.74, 6) is -2.27. The first-order valence-electron chi connectivity index (χ1n) is 7.04. The van der Waals surface area contributed by atoms with E-state index in [1.165, 1.54) is 19.1 Å². The zero-order chi connectivity index (χ0) is 18.7. The highest BCUT2D eigenvalue weighted by atomic mass is 19.4. The molecule has 0 saturated heterocycles. The molecule has 1 aromatic rings. The van der Waals surface area contributed by atoms with Gasteiger partial charge < -0.3 is 9.47 Å². The Hall–Kier alpha value is -2.38. The van der Waals surface area contributed by atoms with Crippen molar-refractivity contribution in [1.82, 2.24) is 0 Å². The van der Waals surface area contributed by atoms with Crippen LogP contribution in [0, 0.1) is 6.92 Å². The van der Waals surface area contributed by atoms with Gasteiger partial charge in [0.1, 0.15) is 5.75 Å². The van der Waals surface area contributed by atoms with Gasteiger partial charge in [-0.05, 0) is 43.0 Å². The van der Waals surface area contributed by atoms with Gasteiger partial charge in [0.25, 0.3) is 0 Å². The first-order valence-corrected chi connectivity index (χ1v) is 7.04. The summed E-state index contributed by atoms with van der Waals surface area (Å²) in [4.78, 5) is 25.5. The van der Waals surface area contributed by atoms with Crippen LogP contribution in [-0.2, 0) is 4.74 Å². The molecule has 24 heavy (non-hydrogen) atoms. The summed E-state index contributed by atoms with van der Waals surface area (Å²) in [5.41, 5.74) is 1.25. The summed E-state index contributed by atoms with van der Waals surface area (Å²) in [5, 5.41) is 0. The maximum atomic E-state index is 13.0. The van der Waals surface area contributed by atoms with Gasteiger partial charge in [-0.15, -0.1) is 4.99 Å². The van der Waals surface area contributed by atoms with E-state index in [-0.39, 0.29) is 17.5 Å². The molecule has 0 bridgehead atoms. The lowest BCUT2D eigenvalue weighted by Gasteiger charge is -2.18. The van der Waals surface area contributed by atoms with Gasteiger partial charge in [0.2, 0.25) is 0 Å². The second-order valence-electron chi connectivity index (χ2n) is 5.40. The Morgan fingerprint density at radius 1 is 1.21 bits per heavy atom. The Morgan fingerprint density at radius 2 is 1.79 bits per heavy atom. The molecule has 0 radical (unpaired) electrons. The van der Waals surface area contributed by atoms with E-state index in [0.29, 0.717) is 16.7 Å². The first-order chi connectivity index (χ1) is 11.0. The van der Waals surface area contributed by atoms with Crippen LogP contribution >= 0.6 is 0 Å². The zero-order valence-corrected chi connectivity index (χ0v) is 13.9. The van der Waals surface area contributed by atoms with Crippen molar-refractivity contribution in [3.05, 3.63) is 28.8 Å². The van der Waals surface area contributed by atoms with Crippen LogP contribution in [0.2, 0.25) is 0 Å². The number of aryl methyl sites for hydroxylation is 1. The van der Waals surface area contributed by atoms with Crippen LogP contribution < -0.4 is 4.74 Å². The summed E-state index contributed by atoms with van der Waals surface area (Å²) in [6.07, 6.45) is -6.40. The molecule has 1 rings (SSSR count). The summed E-state index contributed by atoms with van der Waals surface area (Å²) >= 11 is 0. The Bertz CT molecular complexity index is 679. The number of rotatable bonds is 3. The second kappa shape index (κ2) is 7.46. The van der Waals surface area contributed by atoms with Crippen LogP contribution in [0.4, 0.5) is 18.0 Å². The van der Waals surface area contributed by atoms with Crippen LogP contribution in [0.3, 0.4) is 0 Å². The number of alkyl halides is 3. The predicted octanol–water partition coefficient (Wildman–Crippen LogP) is 4.43. The molecule has 0 aliphatic heterocycles. The Morgan fingerprint density at radius 3 is 2.21 bits per heavy atom. The third-order valence-corrected chi connectivity index (χ3v) is 3.17. The number of ketones is 1. The third-order valence-electron chi connectivity index (χ3n) is 3.17. The van der Waals surface area contributed by atoms with E-state index < -0.39 is 18.2 Å². The van der Waals surface area contributed by atoms with Gasteiger partial charge in [-0.3, -0.25) is 4.79 Å². The number of Topliss-reactive ketones (excluding diaryl/α,β-unsaturated/α-hetero) is 1. The van der Waals surface area contributed by atoms with Crippen molar-refractivity contribution in [1.29, 1.82) is 0 Å². The average molecular weight is 345 g/mol. The summed E-state index contributed by atoms with van der Waals surface area (Å²) in [6, 6.07) is 2.81. The van der Waals surface area contributed by atoms with Crippen molar-refractivity contribution >= 4 is 17.8 Å². The molecule has 0 aliphatic carbocycles. The zero-order valence-electron chi connectivity index (χ0n) is 13.9. The minimum Gasteiger partial charge on any atom is -0.451 e. The Kier molecular flexibility index (Phi) is 6.11. The molecule has 0 saturated carbocycles. The van der Waals surface area contributed by atoms with E-state index in [1.807, 2.05) is 0 Å². The molecule has 132 valence electrons. The van der Waals surface area contributed by atoms with E-state index in [9.17, 15) is 22.8 Å². The number of carbonyl (C=O) groups is 2. The molecule has 0 fully saturated rings. The van der Waals surface area contributed by atoms with Crippen molar-refractivity contribution in [2.45, 2.75) is 39.8 Å². The minimum absolute atomic E-state index is 0.118. The quantitative estimate of drug-likeness (QED) is 0.462. The number of halogens is 3. The highest BCUT2D eigenvalue weighted by Gasteiger charge is 2.40. The van der Waals surface area contributed by atoms with Gasteiger partial charge in [-0.25, -0.2) is 4.79 Å². The largest absolute Gasteiger partial charge is 0.469 e. The number of hydrogen-bond donors (Lipinski definition) is 0. The molecule has 0 spiro atoms. The lowest BCUT2D eigenvalue weighted by atomic mass is 9.95. The number of methoxy groups -OCH3 is 1. The SMILES string of the molecule is COC(=O)/N=C(\Oc1cc(C)c(C(C)=O)cc1C(C)C)C(F)(F)F. The number of amides is 1. The fourth-order valence-electron chi connectivity index (χ4n) is 1.99. The molecule has 8 heteroatoms. The maximum absolute atomic E-state index is 13.0. The standard InChI is InChI=1S/C16H18F3NO4/c1-8(2)11-7-12(10(4)21)9(3)6-13(11)24-14(16(17,18)19)20-15(22)23-5/h6-8H,1-5H3/b20-14-. The van der Waals surface area contributed by atoms with Gasteiger partial charge in [0, 0.05) is 5.56 Å². The molecule has 0 unspecified atom stereocenters. The number of benzene rings is 1. The van der Waals surface area contributed by atoms with Gasteiger partial charge in [0.15, 0.2) is 5.78 Å². The maximum Gasteiger partial charge on any atom is 0.469 e. The molecule has 0 heterocycles. The van der Waals surface area contributed by atoms with Crippen molar-refractivity contribution in [3.63, 3.8) is 0 Å². The number of ether oxygens (including phenoxy) is 2. The fraction of sp³-hybridized carbons (Fsp3) is 0.438. The van der Waals surface area contributed by atoms with Gasteiger partial charge in [-0.2, -0.15) is 13.2 Å². The van der Waals surface area contributed by atoms with Gasteiger partial charge in [-0.1, -0.05) is 13.8 Å². The Labute approximate surface area is 137 Å². The normalized spacial score (nSPS) is 12.3. The number of carbonyl (C=O) groups excluding carboxylic acids is 2. The van der Waals surface area contributed by atoms with E-state index in [2.05, 4.69) is 9.73 Å². The van der Waals surface area contributed by atoms with Crippen molar-refractivity contribution in [2.75, 3.05) is 7.11 Å². The minimum atomic E-state index is -4.98. The van der Waals surface area contributed by atoms with E-state index >= 15 is 0 Å². The lowest BCUT2D eigenvalue weighted by molar-refractivity contribution is -0.0712. The van der Waals surface area contributed by atoms with Crippen molar-refractivity contribution in [3.8, 4) is 5.75 Å². The lowest BCUT2D eigenvalue weighted by Crippen LogP contribution is -2.30. The molecule has 0 N–H and O–H groups in total. The van der Waals surface area contributed by atoms with Gasteiger partial charge in [0.05, 0.1) is 7.11 Å². The molecule has 0 aliphatic rings. The van der Waals surface area contributed by atoms with E-state index in [1.54, 1.807) is 20.8 Å². The van der Waals surface area contributed by atoms with Crippen LogP contribution in [0.15, 0.2) is 17.1 Å². The Balaban J connectivity index is 3.43. The molecular weight excluding hydrogens is 327 g/mol. The van der Waals surface area contributed by atoms with Crippen molar-refractivity contribution in [2.24, 2.45) is 4.99 Å². The topological polar surface area (TPSA) is 65.0 Å². The first kappa shape index (κ1) is 19.7. The molecule has 0 atom stereocenters. The second-order valence-corrected chi connectivity index (χ2v) is 5.40. The van der Waals surface area contributed by atoms with Crippen LogP contribution in [0.25, 0.3) is 0 Å². The fourth-order valence-corrected chi connectivity index (χ4v) is 1.99. The van der Waals surface area contributed by atoms with Crippen molar-refractivity contribution < 1.29 is 32.2 Å². The smallest absolute Gasteiger partial charge is 0.451 e. The van der Waals surface area contributed by atoms with Crippen LogP contribution in [0.5, 0.6) is 5.75 Å². The summed E-state index contributed by atoms with van der Waals surface area (Å²) in [7, 11) is 0.908. The number of hydrogen-bond acceptors (Lipinski definition) is 4. The van der Waals surface area contributed by atoms with E-state index in [0.717, 1.165) is 7.11 Å². The highest BCUT2D eigenvalue weighted by molar-refractivity contribution is 5.96. The molecule has 5 nitrogen and oxygen atoms in total. The highest BCUT2D eigenvalue weighted by Crippen LogP contribution is 2.32. The number of nitrogens with zero attached hydrogens (tertiary/aromatic N) is 1. The molecule has 0 aromatic heterocycles. The van der Waals surface area contributed by atoms with Gasteiger partial charge >= 0.3 is 18.2 Å². The summed E-state index contributed by atoms with van der Waals surface area (Å²) in [6.45, 7) is 6.43.